The number of carbonyl (C=O) groups is 2. The highest BCUT2D eigenvalue weighted by Gasteiger charge is 2.21. The fourth-order valence-electron chi connectivity index (χ4n) is 2.63. The third kappa shape index (κ3) is 4.61. The first-order valence-electron chi connectivity index (χ1n) is 8.66. The van der Waals surface area contributed by atoms with Crippen molar-refractivity contribution in [2.45, 2.75) is 11.5 Å². The Hall–Kier alpha value is -2.81. The molecule has 0 N–H and O–H groups in total. The first kappa shape index (κ1) is 20.9. The van der Waals surface area contributed by atoms with E-state index in [1.54, 1.807) is 47.8 Å². The second-order valence-electron chi connectivity index (χ2n) is 6.36. The molecule has 0 unspecified atom stereocenters. The Morgan fingerprint density at radius 1 is 0.966 bits per heavy atom. The molecule has 0 fully saturated rings. The quantitative estimate of drug-likeness (QED) is 0.424. The molecular formula is C21H19NO5S2. The summed E-state index contributed by atoms with van der Waals surface area (Å²) in [6, 6.07) is 16.1. The first-order chi connectivity index (χ1) is 13.8. The predicted octanol–water partition coefficient (Wildman–Crippen LogP) is 3.59. The van der Waals surface area contributed by atoms with Crippen molar-refractivity contribution in [3.8, 4) is 0 Å². The number of rotatable bonds is 7. The van der Waals surface area contributed by atoms with Crippen LogP contribution in [0.4, 0.5) is 0 Å². The highest BCUT2D eigenvalue weighted by Crippen LogP contribution is 2.20. The molecule has 6 nitrogen and oxygen atoms in total. The number of hydrogen-bond donors (Lipinski definition) is 0. The minimum absolute atomic E-state index is 0.114. The summed E-state index contributed by atoms with van der Waals surface area (Å²) < 4.78 is 31.0. The fraction of sp³-hybridized carbons (Fsp3) is 0.143. The third-order valence-corrected chi connectivity index (χ3v) is 6.86. The van der Waals surface area contributed by atoms with E-state index in [9.17, 15) is 18.0 Å². The SMILES string of the molecule is CN(C)S(=O)(=O)c1cccc(COC(=O)c2ccccc2C(=O)c2cccs2)c1. The Morgan fingerprint density at radius 3 is 2.34 bits per heavy atom. The summed E-state index contributed by atoms with van der Waals surface area (Å²) >= 11 is 1.30. The number of esters is 1. The number of hydrogen-bond acceptors (Lipinski definition) is 6. The van der Waals surface area contributed by atoms with Gasteiger partial charge in [-0.15, -0.1) is 11.3 Å². The number of thiophene rings is 1. The number of ether oxygens (including phenoxy) is 1. The van der Waals surface area contributed by atoms with Gasteiger partial charge in [0.2, 0.25) is 15.8 Å². The molecule has 3 aromatic rings. The van der Waals surface area contributed by atoms with E-state index in [1.807, 2.05) is 0 Å². The van der Waals surface area contributed by atoms with Gasteiger partial charge in [-0.25, -0.2) is 17.5 Å². The zero-order chi connectivity index (χ0) is 21.0. The van der Waals surface area contributed by atoms with Gasteiger partial charge in [-0.05, 0) is 35.2 Å². The maximum Gasteiger partial charge on any atom is 0.339 e. The normalized spacial score (nSPS) is 11.4. The highest BCUT2D eigenvalue weighted by molar-refractivity contribution is 7.89. The van der Waals surface area contributed by atoms with Crippen LogP contribution < -0.4 is 0 Å². The van der Waals surface area contributed by atoms with Crippen LogP contribution in [0.25, 0.3) is 0 Å². The van der Waals surface area contributed by atoms with Crippen LogP contribution in [-0.2, 0) is 21.4 Å². The standard InChI is InChI=1S/C21H19NO5S2/c1-22(2)29(25,26)16-8-5-7-15(13-16)14-27-21(24)18-10-4-3-9-17(18)20(23)19-11-6-12-28-19/h3-13H,14H2,1-2H3. The lowest BCUT2D eigenvalue weighted by Crippen LogP contribution is -2.22. The molecule has 2 aromatic carbocycles. The molecule has 8 heteroatoms. The van der Waals surface area contributed by atoms with Gasteiger partial charge in [-0.3, -0.25) is 4.79 Å². The van der Waals surface area contributed by atoms with Crippen molar-refractivity contribution in [1.82, 2.24) is 4.31 Å². The van der Waals surface area contributed by atoms with Crippen molar-refractivity contribution in [1.29, 1.82) is 0 Å². The van der Waals surface area contributed by atoms with Gasteiger partial charge >= 0.3 is 5.97 Å². The number of ketones is 1. The van der Waals surface area contributed by atoms with E-state index < -0.39 is 16.0 Å². The van der Waals surface area contributed by atoms with E-state index in [0.717, 1.165) is 4.31 Å². The molecule has 1 heterocycles. The zero-order valence-electron chi connectivity index (χ0n) is 15.9. The molecule has 0 amide bonds. The molecule has 0 spiro atoms. The van der Waals surface area contributed by atoms with Crippen molar-refractivity contribution < 1.29 is 22.7 Å². The average Bonchev–Trinajstić information content (AvgIpc) is 3.26. The molecule has 0 saturated heterocycles. The lowest BCUT2D eigenvalue weighted by molar-refractivity contribution is 0.0470. The van der Waals surface area contributed by atoms with Crippen molar-refractivity contribution in [3.63, 3.8) is 0 Å². The molecule has 150 valence electrons. The van der Waals surface area contributed by atoms with E-state index in [-0.39, 0.29) is 28.4 Å². The molecule has 0 saturated carbocycles. The second-order valence-corrected chi connectivity index (χ2v) is 9.46. The topological polar surface area (TPSA) is 80.8 Å². The molecular weight excluding hydrogens is 410 g/mol. The lowest BCUT2D eigenvalue weighted by Gasteiger charge is -2.13. The van der Waals surface area contributed by atoms with Crippen molar-refractivity contribution in [2.75, 3.05) is 14.1 Å². The lowest BCUT2D eigenvalue weighted by atomic mass is 10.0. The second kappa shape index (κ2) is 8.69. The maximum atomic E-state index is 12.7. The van der Waals surface area contributed by atoms with E-state index in [2.05, 4.69) is 0 Å². The van der Waals surface area contributed by atoms with Crippen molar-refractivity contribution in [3.05, 3.63) is 87.6 Å². The molecule has 0 atom stereocenters. The van der Waals surface area contributed by atoms with Gasteiger partial charge in [0, 0.05) is 19.7 Å². The van der Waals surface area contributed by atoms with Crippen LogP contribution in [0.3, 0.4) is 0 Å². The minimum atomic E-state index is -3.58. The molecule has 0 bridgehead atoms. The van der Waals surface area contributed by atoms with Crippen LogP contribution in [0, 0.1) is 0 Å². The summed E-state index contributed by atoms with van der Waals surface area (Å²) in [5.41, 5.74) is 0.968. The molecule has 0 aliphatic rings. The fourth-order valence-corrected chi connectivity index (χ4v) is 4.28. The Balaban J connectivity index is 1.78. The van der Waals surface area contributed by atoms with Crippen LogP contribution in [0.15, 0.2) is 70.9 Å². The molecule has 29 heavy (non-hydrogen) atoms. The van der Waals surface area contributed by atoms with Gasteiger partial charge in [0.05, 0.1) is 15.3 Å². The largest absolute Gasteiger partial charge is 0.457 e. The first-order valence-corrected chi connectivity index (χ1v) is 11.0. The summed E-state index contributed by atoms with van der Waals surface area (Å²) in [5.74, 6) is -0.891. The summed E-state index contributed by atoms with van der Waals surface area (Å²) in [6.07, 6.45) is 0. The average molecular weight is 430 g/mol. The van der Waals surface area contributed by atoms with Gasteiger partial charge in [0.1, 0.15) is 6.61 Å². The van der Waals surface area contributed by atoms with Gasteiger partial charge in [-0.1, -0.05) is 36.4 Å². The summed E-state index contributed by atoms with van der Waals surface area (Å²) in [7, 11) is -0.688. The van der Waals surface area contributed by atoms with Crippen LogP contribution >= 0.6 is 11.3 Å². The summed E-state index contributed by atoms with van der Waals surface area (Å²) in [5, 5.41) is 1.79. The number of benzene rings is 2. The van der Waals surface area contributed by atoms with Crippen molar-refractivity contribution >= 4 is 33.1 Å². The Morgan fingerprint density at radius 2 is 1.69 bits per heavy atom. The Labute approximate surface area is 173 Å². The van der Waals surface area contributed by atoms with Gasteiger partial charge in [-0.2, -0.15) is 0 Å². The monoisotopic (exact) mass is 429 g/mol. The molecule has 0 radical (unpaired) electrons. The zero-order valence-corrected chi connectivity index (χ0v) is 17.5. The van der Waals surface area contributed by atoms with Gasteiger partial charge in [0.25, 0.3) is 0 Å². The summed E-state index contributed by atoms with van der Waals surface area (Å²) in [6.45, 7) is -0.114. The number of sulfonamides is 1. The molecule has 1 aromatic heterocycles. The predicted molar refractivity (Wildman–Crippen MR) is 111 cm³/mol. The van der Waals surface area contributed by atoms with E-state index in [4.69, 9.17) is 4.74 Å². The number of carbonyl (C=O) groups excluding carboxylic acids is 2. The minimum Gasteiger partial charge on any atom is -0.457 e. The van der Waals surface area contributed by atoms with E-state index >= 15 is 0 Å². The van der Waals surface area contributed by atoms with Crippen molar-refractivity contribution in [2.24, 2.45) is 0 Å². The van der Waals surface area contributed by atoms with E-state index in [1.165, 1.54) is 43.6 Å². The smallest absolute Gasteiger partial charge is 0.339 e. The third-order valence-electron chi connectivity index (χ3n) is 4.18. The van der Waals surface area contributed by atoms with Crippen LogP contribution in [0.2, 0.25) is 0 Å². The Bertz CT molecular complexity index is 1140. The molecule has 0 aliphatic heterocycles. The highest BCUT2D eigenvalue weighted by atomic mass is 32.2. The van der Waals surface area contributed by atoms with Crippen LogP contribution in [0.5, 0.6) is 0 Å². The Kier molecular flexibility index (Phi) is 6.26. The molecule has 0 aliphatic carbocycles. The maximum absolute atomic E-state index is 12.7. The van der Waals surface area contributed by atoms with Crippen LogP contribution in [-0.4, -0.2) is 38.6 Å². The number of nitrogens with zero attached hydrogens (tertiary/aromatic N) is 1. The summed E-state index contributed by atoms with van der Waals surface area (Å²) in [4.78, 5) is 25.9. The van der Waals surface area contributed by atoms with Gasteiger partial charge < -0.3 is 4.74 Å². The van der Waals surface area contributed by atoms with E-state index in [0.29, 0.717) is 10.4 Å². The molecule has 3 rings (SSSR count). The van der Waals surface area contributed by atoms with Gasteiger partial charge in [0.15, 0.2) is 0 Å². The van der Waals surface area contributed by atoms with Crippen LogP contribution in [0.1, 0.15) is 31.2 Å².